The summed E-state index contributed by atoms with van der Waals surface area (Å²) >= 11 is 4.22. The van der Waals surface area contributed by atoms with Crippen LogP contribution in [-0.2, 0) is 22.4 Å². The summed E-state index contributed by atoms with van der Waals surface area (Å²) < 4.78 is 0. The topological polar surface area (TPSA) is 23.1 Å². The minimum atomic E-state index is -0.290. The van der Waals surface area contributed by atoms with E-state index in [2.05, 4.69) is 12.2 Å². The van der Waals surface area contributed by atoms with Gasteiger partial charge in [0.1, 0.15) is 0 Å². The Balaban J connectivity index is 0. The van der Waals surface area contributed by atoms with Crippen molar-refractivity contribution >= 4 is 17.3 Å². The second kappa shape index (κ2) is 7.37. The predicted molar refractivity (Wildman–Crippen MR) is 32.0 cm³/mol. The third kappa shape index (κ3) is 9.62. The van der Waals surface area contributed by atoms with E-state index < -0.39 is 0 Å². The van der Waals surface area contributed by atoms with E-state index in [4.69, 9.17) is 0 Å². The van der Waals surface area contributed by atoms with E-state index in [9.17, 15) is 5.11 Å². The first-order chi connectivity index (χ1) is 3.27. The largest absolute Gasteiger partial charge is 1.00 e. The van der Waals surface area contributed by atoms with Gasteiger partial charge >= 0.3 is 22.4 Å². The molecule has 0 fully saturated rings. The Labute approximate surface area is 70.3 Å². The van der Waals surface area contributed by atoms with Crippen molar-refractivity contribution in [3.8, 4) is 0 Å². The average molecular weight is 223 g/mol. The molecule has 0 aromatic rings. The summed E-state index contributed by atoms with van der Waals surface area (Å²) in [7, 11) is 0. The van der Waals surface area contributed by atoms with E-state index in [1.807, 2.05) is 6.92 Å². The SMILES string of the molecule is CCC=CC([O-])=S.[Ag+]. The minimum Gasteiger partial charge on any atom is -0.864 e. The van der Waals surface area contributed by atoms with Crippen LogP contribution in [0.15, 0.2) is 12.2 Å². The fourth-order valence-electron chi connectivity index (χ4n) is 0.214. The zero-order valence-electron chi connectivity index (χ0n) is 4.48. The van der Waals surface area contributed by atoms with Gasteiger partial charge in [-0.25, -0.2) is 0 Å². The van der Waals surface area contributed by atoms with Gasteiger partial charge in [0.25, 0.3) is 0 Å². The van der Waals surface area contributed by atoms with Crippen molar-refractivity contribution in [2.24, 2.45) is 0 Å². The molecule has 0 bridgehead atoms. The molecular formula is C5H7AgOS. The summed E-state index contributed by atoms with van der Waals surface area (Å²) in [5.41, 5.74) is 0. The molecule has 0 amide bonds. The molecule has 0 spiro atoms. The molecule has 0 unspecified atom stereocenters. The first kappa shape index (κ1) is 11.2. The maximum Gasteiger partial charge on any atom is 1.00 e. The second-order valence-corrected chi connectivity index (χ2v) is 1.53. The number of rotatable bonds is 2. The number of hydrogen-bond donors (Lipinski definition) is 0. The maximum absolute atomic E-state index is 9.93. The van der Waals surface area contributed by atoms with Gasteiger partial charge in [0.05, 0.1) is 0 Å². The van der Waals surface area contributed by atoms with Crippen LogP contribution in [0.25, 0.3) is 0 Å². The molecule has 0 saturated heterocycles. The molecule has 0 aromatic carbocycles. The van der Waals surface area contributed by atoms with Crippen LogP contribution in [0, 0.1) is 0 Å². The molecule has 0 aliphatic rings. The Morgan fingerprint density at radius 3 is 2.38 bits per heavy atom. The van der Waals surface area contributed by atoms with Gasteiger partial charge in [-0.1, -0.05) is 31.3 Å². The molecule has 0 aliphatic carbocycles. The molecule has 8 heavy (non-hydrogen) atoms. The Bertz CT molecular complexity index is 90.4. The molecule has 50 valence electrons. The van der Waals surface area contributed by atoms with Gasteiger partial charge < -0.3 is 5.11 Å². The summed E-state index contributed by atoms with van der Waals surface area (Å²) in [5.74, 6) is 0. The van der Waals surface area contributed by atoms with E-state index in [0.717, 1.165) is 6.42 Å². The van der Waals surface area contributed by atoms with Gasteiger partial charge in [0, 0.05) is 0 Å². The quantitative estimate of drug-likeness (QED) is 0.389. The first-order valence-electron chi connectivity index (χ1n) is 2.15. The molecule has 3 heteroatoms. The number of hydrogen-bond acceptors (Lipinski definition) is 2. The average Bonchev–Trinajstić information content (AvgIpc) is 1.61. The van der Waals surface area contributed by atoms with Gasteiger partial charge in [0.15, 0.2) is 0 Å². The van der Waals surface area contributed by atoms with Crippen LogP contribution in [0.4, 0.5) is 0 Å². The van der Waals surface area contributed by atoms with Crippen LogP contribution in [0.1, 0.15) is 13.3 Å². The van der Waals surface area contributed by atoms with Crippen LogP contribution >= 0.6 is 12.2 Å². The Morgan fingerprint density at radius 2 is 2.25 bits per heavy atom. The standard InChI is InChI=1S/C5H8OS.Ag/c1-2-3-4-5(6)7;/h3-4H,2H2,1H3,(H,6,7);/q;+1/p-1. The first-order valence-corrected chi connectivity index (χ1v) is 2.55. The fraction of sp³-hybridized carbons (Fsp3) is 0.400. The molecule has 0 rings (SSSR count). The van der Waals surface area contributed by atoms with Gasteiger partial charge in [-0.15, -0.1) is 0 Å². The Kier molecular flexibility index (Phi) is 10.3. The zero-order valence-corrected chi connectivity index (χ0v) is 6.78. The van der Waals surface area contributed by atoms with E-state index in [0.29, 0.717) is 0 Å². The summed E-state index contributed by atoms with van der Waals surface area (Å²) in [6.07, 6.45) is 4.02. The van der Waals surface area contributed by atoms with Crippen molar-refractivity contribution in [2.75, 3.05) is 0 Å². The smallest absolute Gasteiger partial charge is 0.864 e. The van der Waals surface area contributed by atoms with Crippen LogP contribution in [0.2, 0.25) is 0 Å². The van der Waals surface area contributed by atoms with Gasteiger partial charge in [-0.2, -0.15) is 0 Å². The third-order valence-corrected chi connectivity index (χ3v) is 0.626. The molecule has 0 N–H and O–H groups in total. The number of allylic oxidation sites excluding steroid dienone is 1. The molecule has 0 aliphatic heterocycles. The van der Waals surface area contributed by atoms with Crippen LogP contribution in [-0.4, -0.2) is 5.05 Å². The van der Waals surface area contributed by atoms with E-state index in [1.165, 1.54) is 6.08 Å². The van der Waals surface area contributed by atoms with Crippen molar-refractivity contribution in [1.29, 1.82) is 0 Å². The van der Waals surface area contributed by atoms with E-state index in [-0.39, 0.29) is 27.4 Å². The van der Waals surface area contributed by atoms with Crippen molar-refractivity contribution in [3.05, 3.63) is 12.2 Å². The Hall–Kier alpha value is 0.370. The minimum absolute atomic E-state index is 0. The van der Waals surface area contributed by atoms with Gasteiger partial charge in [0.2, 0.25) is 0 Å². The van der Waals surface area contributed by atoms with Crippen LogP contribution in [0.5, 0.6) is 0 Å². The van der Waals surface area contributed by atoms with E-state index >= 15 is 0 Å². The van der Waals surface area contributed by atoms with Crippen molar-refractivity contribution < 1.29 is 27.5 Å². The third-order valence-electron chi connectivity index (χ3n) is 0.490. The van der Waals surface area contributed by atoms with Crippen molar-refractivity contribution in [3.63, 3.8) is 0 Å². The monoisotopic (exact) mass is 222 g/mol. The molecule has 0 heterocycles. The molecular weight excluding hydrogens is 216 g/mol. The molecule has 0 saturated carbocycles. The summed E-state index contributed by atoms with van der Waals surface area (Å²) in [6.45, 7) is 1.95. The molecule has 0 aromatic heterocycles. The molecule has 0 radical (unpaired) electrons. The maximum atomic E-state index is 9.93. The molecule has 0 atom stereocenters. The van der Waals surface area contributed by atoms with Crippen molar-refractivity contribution in [1.82, 2.24) is 0 Å². The summed E-state index contributed by atoms with van der Waals surface area (Å²) in [6, 6.07) is 0. The number of thiocarbonyl (C=S) groups is 1. The predicted octanol–water partition coefficient (Wildman–Crippen LogP) is 0.638. The zero-order chi connectivity index (χ0) is 5.70. The summed E-state index contributed by atoms with van der Waals surface area (Å²) in [5, 5.41) is 9.64. The fourth-order valence-corrected chi connectivity index (χ4v) is 0.310. The summed E-state index contributed by atoms with van der Waals surface area (Å²) in [4.78, 5) is 0. The van der Waals surface area contributed by atoms with E-state index in [1.54, 1.807) is 6.08 Å². The van der Waals surface area contributed by atoms with Crippen LogP contribution < -0.4 is 5.11 Å². The Morgan fingerprint density at radius 1 is 1.75 bits per heavy atom. The van der Waals surface area contributed by atoms with Crippen LogP contribution in [0.3, 0.4) is 0 Å². The van der Waals surface area contributed by atoms with Crippen molar-refractivity contribution in [2.45, 2.75) is 13.3 Å². The molecule has 1 nitrogen and oxygen atoms in total. The second-order valence-electron chi connectivity index (χ2n) is 1.13. The van der Waals surface area contributed by atoms with Gasteiger partial charge in [-0.05, 0) is 11.5 Å². The van der Waals surface area contributed by atoms with Gasteiger partial charge in [-0.3, -0.25) is 0 Å². The normalized spacial score (nSPS) is 8.62.